The molecular weight excluding hydrogens is 250 g/mol. The van der Waals surface area contributed by atoms with E-state index in [0.717, 1.165) is 33.0 Å². The van der Waals surface area contributed by atoms with Crippen LogP contribution in [0.4, 0.5) is 0 Å². The predicted molar refractivity (Wildman–Crippen MR) is 70.4 cm³/mol. The number of hydrogen-bond acceptors (Lipinski definition) is 0. The molecule has 0 aromatic heterocycles. The summed E-state index contributed by atoms with van der Waals surface area (Å²) in [6.45, 7) is 13.6. The molecule has 0 aliphatic heterocycles. The van der Waals surface area contributed by atoms with Gasteiger partial charge in [0.1, 0.15) is 0 Å². The zero-order chi connectivity index (χ0) is 11.6. The maximum absolute atomic E-state index is 2.94. The molecule has 0 bridgehead atoms. The molecule has 0 spiro atoms. The Kier molecular flexibility index (Phi) is 15.1. The Bertz CT molecular complexity index is 92.5. The maximum Gasteiger partial charge on any atom is 0.200 e. The normalized spacial score (nSPS) is 10.4. The van der Waals surface area contributed by atoms with Gasteiger partial charge in [-0.1, -0.05) is 39.5 Å². The largest absolute Gasteiger partial charge is 0.200 e. The van der Waals surface area contributed by atoms with Crippen molar-refractivity contribution in [3.8, 4) is 0 Å². The first-order valence-electron chi connectivity index (χ1n) is 5.79. The van der Waals surface area contributed by atoms with Gasteiger partial charge >= 0.3 is 41.1 Å². The van der Waals surface area contributed by atoms with E-state index in [-0.39, 0.29) is 0 Å². The molecule has 0 aromatic rings. The van der Waals surface area contributed by atoms with Gasteiger partial charge in [-0.25, -0.2) is 0 Å². The Morgan fingerprint density at radius 3 is 1.21 bits per heavy atom. The van der Waals surface area contributed by atoms with Crippen LogP contribution in [0.2, 0.25) is 15.9 Å². The molecule has 0 atom stereocenters. The molecule has 14 heavy (non-hydrogen) atoms. The first kappa shape index (κ1) is 17.4. The van der Waals surface area contributed by atoms with Crippen molar-refractivity contribution >= 4 is 31.2 Å². The SMILES string of the molecule is CC(C)C[Se].CC(C)[CH2][Al][CH2]C(C)C. The second-order valence-corrected chi connectivity index (χ2v) is 7.33. The molecule has 84 valence electrons. The average Bonchev–Trinajstić information content (AvgIpc) is 2.04. The monoisotopic (exact) mass is 278 g/mol. The molecule has 0 unspecified atom stereocenters. The summed E-state index contributed by atoms with van der Waals surface area (Å²) < 4.78 is 0. The molecule has 0 N–H and O–H groups in total. The van der Waals surface area contributed by atoms with Crippen molar-refractivity contribution in [3.63, 3.8) is 0 Å². The van der Waals surface area contributed by atoms with Crippen LogP contribution >= 0.6 is 0 Å². The number of hydrogen-bond donors (Lipinski definition) is 0. The van der Waals surface area contributed by atoms with E-state index in [1.807, 2.05) is 0 Å². The van der Waals surface area contributed by atoms with Crippen LogP contribution in [0.15, 0.2) is 0 Å². The van der Waals surface area contributed by atoms with Crippen LogP contribution in [0, 0.1) is 17.8 Å². The first-order valence-corrected chi connectivity index (χ1v) is 8.64. The van der Waals surface area contributed by atoms with Gasteiger partial charge in [-0.3, -0.25) is 0 Å². The first-order chi connectivity index (χ1) is 6.40. The fraction of sp³-hybridized carbons (Fsp3) is 1.00. The maximum atomic E-state index is 2.94. The van der Waals surface area contributed by atoms with Crippen LogP contribution in [-0.2, 0) is 0 Å². The van der Waals surface area contributed by atoms with E-state index >= 15 is 0 Å². The van der Waals surface area contributed by atoms with Gasteiger partial charge in [0, 0.05) is 0 Å². The third-order valence-corrected chi connectivity index (χ3v) is 5.56. The summed E-state index contributed by atoms with van der Waals surface area (Å²) in [5.41, 5.74) is 0. The average molecular weight is 277 g/mol. The molecule has 0 rings (SSSR count). The molecule has 0 saturated carbocycles. The number of rotatable bonds is 5. The summed E-state index contributed by atoms with van der Waals surface area (Å²) in [4.78, 5) is 0. The topological polar surface area (TPSA) is 0 Å². The second-order valence-electron chi connectivity index (χ2n) is 5.11. The van der Waals surface area contributed by atoms with Crippen LogP contribution in [0.25, 0.3) is 0 Å². The smallest absolute Gasteiger partial charge is 0.102 e. The standard InChI is InChI=1S/C4H9Se.2C4H9.Al/c1-4(2)3-5;2*1-4(2)3;/h4H,3H2,1-2H3;2*4H,1H2,2-3H3;. The van der Waals surface area contributed by atoms with Gasteiger partial charge in [0.25, 0.3) is 0 Å². The van der Waals surface area contributed by atoms with E-state index in [2.05, 4.69) is 57.6 Å². The molecule has 2 radical (unpaired) electrons. The third-order valence-electron chi connectivity index (χ3n) is 1.61. The molecule has 0 fully saturated rings. The summed E-state index contributed by atoms with van der Waals surface area (Å²) in [6.07, 6.45) is 0. The fourth-order valence-electron chi connectivity index (χ4n) is 0.763. The van der Waals surface area contributed by atoms with E-state index in [4.69, 9.17) is 0 Å². The van der Waals surface area contributed by atoms with Crippen molar-refractivity contribution in [1.82, 2.24) is 0 Å². The van der Waals surface area contributed by atoms with E-state index in [1.54, 1.807) is 0 Å². The van der Waals surface area contributed by atoms with Crippen LogP contribution in [0.3, 0.4) is 0 Å². The van der Waals surface area contributed by atoms with Gasteiger partial charge in [0.15, 0.2) is 0 Å². The molecule has 0 saturated heterocycles. The second kappa shape index (κ2) is 12.1. The summed E-state index contributed by atoms with van der Waals surface area (Å²) in [6, 6.07) is 0. The van der Waals surface area contributed by atoms with Gasteiger partial charge in [-0.15, -0.1) is 10.6 Å². The minimum atomic E-state index is 0.755. The van der Waals surface area contributed by atoms with Crippen molar-refractivity contribution in [2.45, 2.75) is 57.4 Å². The van der Waals surface area contributed by atoms with Gasteiger partial charge in [0.2, 0.25) is 15.2 Å². The summed E-state index contributed by atoms with van der Waals surface area (Å²) >= 11 is 3.70. The molecule has 2 heteroatoms. The minimum absolute atomic E-state index is 0.755. The fourth-order valence-corrected chi connectivity index (χ4v) is 2.29. The van der Waals surface area contributed by atoms with Crippen molar-refractivity contribution < 1.29 is 0 Å². The Balaban J connectivity index is 0. The predicted octanol–water partition coefficient (Wildman–Crippen LogP) is 4.07. The van der Waals surface area contributed by atoms with E-state index in [0.29, 0.717) is 0 Å². The Morgan fingerprint density at radius 1 is 0.786 bits per heavy atom. The minimum Gasteiger partial charge on any atom is -0.102 e. The van der Waals surface area contributed by atoms with Crippen LogP contribution < -0.4 is 0 Å². The van der Waals surface area contributed by atoms with Gasteiger partial charge in [-0.2, -0.15) is 0 Å². The third kappa shape index (κ3) is 23.1. The molecule has 0 aromatic carbocycles. The van der Waals surface area contributed by atoms with Gasteiger partial charge in [0.05, 0.1) is 0 Å². The van der Waals surface area contributed by atoms with Gasteiger partial charge < -0.3 is 0 Å². The Hall–Kier alpha value is 1.05. The molecule has 0 aliphatic rings. The van der Waals surface area contributed by atoms with Crippen LogP contribution in [-0.4, -0.2) is 31.2 Å². The van der Waals surface area contributed by atoms with Crippen molar-refractivity contribution in [1.29, 1.82) is 0 Å². The molecule has 0 heterocycles. The quantitative estimate of drug-likeness (QED) is 0.665. The molecular formula is C12H27AlSe. The van der Waals surface area contributed by atoms with E-state index < -0.39 is 0 Å². The van der Waals surface area contributed by atoms with Gasteiger partial charge in [-0.05, 0) is 0 Å². The van der Waals surface area contributed by atoms with Crippen molar-refractivity contribution in [3.05, 3.63) is 0 Å². The van der Waals surface area contributed by atoms with E-state index in [9.17, 15) is 0 Å². The van der Waals surface area contributed by atoms with Crippen LogP contribution in [0.1, 0.15) is 41.5 Å². The molecule has 0 amide bonds. The van der Waals surface area contributed by atoms with Crippen molar-refractivity contribution in [2.24, 2.45) is 17.8 Å². The zero-order valence-corrected chi connectivity index (χ0v) is 13.7. The Morgan fingerprint density at radius 2 is 1.07 bits per heavy atom. The summed E-state index contributed by atoms with van der Waals surface area (Å²) in [5, 5.41) is 4.15. The Labute approximate surface area is 106 Å². The summed E-state index contributed by atoms with van der Waals surface area (Å²) in [7, 11) is 0. The molecule has 0 nitrogen and oxygen atoms in total. The zero-order valence-electron chi connectivity index (χ0n) is 10.8. The summed E-state index contributed by atoms with van der Waals surface area (Å²) in [5.74, 6) is 2.69. The van der Waals surface area contributed by atoms with Crippen LogP contribution in [0.5, 0.6) is 0 Å². The molecule has 0 aliphatic carbocycles. The van der Waals surface area contributed by atoms with Crippen molar-refractivity contribution in [2.75, 3.05) is 0 Å². The van der Waals surface area contributed by atoms with E-state index in [1.165, 1.54) is 15.9 Å².